The van der Waals surface area contributed by atoms with Gasteiger partial charge in [0.2, 0.25) is 0 Å². The highest BCUT2D eigenvalue weighted by Crippen LogP contribution is 2.19. The monoisotopic (exact) mass is 256 g/mol. The predicted octanol–water partition coefficient (Wildman–Crippen LogP) is 3.47. The molecule has 0 aromatic carbocycles. The minimum Gasteiger partial charge on any atom is -0.229 e. The SMILES string of the molecule is CCCC(C)(C)C.CS(C)(=O)=O.CSC. The highest BCUT2D eigenvalue weighted by molar-refractivity contribution is 7.97. The van der Waals surface area contributed by atoms with Crippen LogP contribution < -0.4 is 0 Å². The summed E-state index contributed by atoms with van der Waals surface area (Å²) in [6, 6.07) is 0. The van der Waals surface area contributed by atoms with E-state index in [1.165, 1.54) is 12.8 Å². The van der Waals surface area contributed by atoms with Crippen LogP contribution in [-0.2, 0) is 9.84 Å². The number of rotatable bonds is 1. The van der Waals surface area contributed by atoms with E-state index in [4.69, 9.17) is 0 Å². The predicted molar refractivity (Wildman–Crippen MR) is 74.6 cm³/mol. The highest BCUT2D eigenvalue weighted by Gasteiger charge is 2.06. The maximum Gasteiger partial charge on any atom is 0.144 e. The molecule has 0 radical (unpaired) electrons. The third-order valence-corrected chi connectivity index (χ3v) is 1.000. The van der Waals surface area contributed by atoms with Crippen LogP contribution in [0.2, 0.25) is 0 Å². The van der Waals surface area contributed by atoms with E-state index in [-0.39, 0.29) is 0 Å². The summed E-state index contributed by atoms with van der Waals surface area (Å²) in [5, 5.41) is 0. The van der Waals surface area contributed by atoms with Crippen molar-refractivity contribution >= 4 is 21.6 Å². The minimum atomic E-state index is -2.67. The molecule has 0 atom stereocenters. The Morgan fingerprint density at radius 3 is 1.27 bits per heavy atom. The van der Waals surface area contributed by atoms with Gasteiger partial charge in [0.05, 0.1) is 0 Å². The maximum absolute atomic E-state index is 9.63. The van der Waals surface area contributed by atoms with Gasteiger partial charge in [-0.05, 0) is 24.3 Å². The van der Waals surface area contributed by atoms with Crippen molar-refractivity contribution in [1.82, 2.24) is 0 Å². The van der Waals surface area contributed by atoms with Crippen molar-refractivity contribution in [3.63, 3.8) is 0 Å². The van der Waals surface area contributed by atoms with Crippen molar-refractivity contribution in [2.45, 2.75) is 40.5 Å². The van der Waals surface area contributed by atoms with Gasteiger partial charge in [0, 0.05) is 12.5 Å². The molecule has 0 unspecified atom stereocenters. The maximum atomic E-state index is 9.63. The first kappa shape index (κ1) is 20.7. The second-order valence-electron chi connectivity index (χ2n) is 4.86. The molecule has 0 saturated heterocycles. The lowest BCUT2D eigenvalue weighted by atomic mass is 9.91. The topological polar surface area (TPSA) is 34.1 Å². The number of hydrogen-bond acceptors (Lipinski definition) is 3. The fourth-order valence-corrected chi connectivity index (χ4v) is 0.750. The van der Waals surface area contributed by atoms with Gasteiger partial charge in [-0.25, -0.2) is 8.42 Å². The largest absolute Gasteiger partial charge is 0.229 e. The Labute approximate surface area is 101 Å². The molecule has 4 heteroatoms. The molecule has 2 nitrogen and oxygen atoms in total. The Morgan fingerprint density at radius 2 is 1.27 bits per heavy atom. The van der Waals surface area contributed by atoms with Crippen molar-refractivity contribution in [3.05, 3.63) is 0 Å². The summed E-state index contributed by atoms with van der Waals surface area (Å²) in [5.41, 5.74) is 0.550. The van der Waals surface area contributed by atoms with Crippen LogP contribution in [-0.4, -0.2) is 33.4 Å². The van der Waals surface area contributed by atoms with Gasteiger partial charge in [-0.2, -0.15) is 11.8 Å². The zero-order valence-corrected chi connectivity index (χ0v) is 13.2. The molecule has 0 aromatic rings. The van der Waals surface area contributed by atoms with E-state index in [9.17, 15) is 8.42 Å². The second-order valence-corrected chi connectivity index (χ2v) is 7.96. The van der Waals surface area contributed by atoms with Crippen molar-refractivity contribution in [2.75, 3.05) is 25.0 Å². The smallest absolute Gasteiger partial charge is 0.144 e. The normalized spacial score (nSPS) is 10.7. The van der Waals surface area contributed by atoms with Crippen molar-refractivity contribution in [1.29, 1.82) is 0 Å². The molecule has 0 aliphatic carbocycles. The van der Waals surface area contributed by atoms with E-state index in [2.05, 4.69) is 27.7 Å². The Hall–Kier alpha value is 0.300. The zero-order chi connectivity index (χ0) is 13.1. The van der Waals surface area contributed by atoms with Crippen molar-refractivity contribution in [3.8, 4) is 0 Å². The fraction of sp³-hybridized carbons (Fsp3) is 1.00. The van der Waals surface area contributed by atoms with Gasteiger partial charge in [-0.15, -0.1) is 0 Å². The first-order valence-corrected chi connectivity index (χ1v) is 8.96. The Balaban J connectivity index is -0.000000158. The molecule has 15 heavy (non-hydrogen) atoms. The first-order chi connectivity index (χ1) is 6.47. The van der Waals surface area contributed by atoms with Crippen molar-refractivity contribution < 1.29 is 8.42 Å². The van der Waals surface area contributed by atoms with Crippen LogP contribution in [0, 0.1) is 5.41 Å². The molecule has 0 bridgehead atoms. The van der Waals surface area contributed by atoms with Crippen LogP contribution >= 0.6 is 11.8 Å². The quantitative estimate of drug-likeness (QED) is 0.720. The molecular formula is C11H28O2S2. The van der Waals surface area contributed by atoms with Gasteiger partial charge in [0.1, 0.15) is 9.84 Å². The summed E-state index contributed by atoms with van der Waals surface area (Å²) in [7, 11) is -2.67. The number of hydrogen-bond donors (Lipinski definition) is 0. The Bertz CT molecular complexity index is 193. The fourth-order valence-electron chi connectivity index (χ4n) is 0.750. The third kappa shape index (κ3) is 117. The molecule has 0 aromatic heterocycles. The average Bonchev–Trinajstić information content (AvgIpc) is 1.80. The van der Waals surface area contributed by atoms with Gasteiger partial charge in [-0.1, -0.05) is 34.1 Å². The Kier molecular flexibility index (Phi) is 14.9. The Morgan fingerprint density at radius 1 is 1.07 bits per heavy atom. The molecule has 0 heterocycles. The summed E-state index contributed by atoms with van der Waals surface area (Å²) in [6.45, 7) is 9.05. The lowest BCUT2D eigenvalue weighted by molar-refractivity contribution is 0.373. The molecule has 0 aliphatic heterocycles. The average molecular weight is 256 g/mol. The second kappa shape index (κ2) is 10.8. The first-order valence-electron chi connectivity index (χ1n) is 5.03. The van der Waals surface area contributed by atoms with Gasteiger partial charge in [0.25, 0.3) is 0 Å². The summed E-state index contributed by atoms with van der Waals surface area (Å²) >= 11 is 1.75. The lowest BCUT2D eigenvalue weighted by Crippen LogP contribution is -2.02. The van der Waals surface area contributed by atoms with Gasteiger partial charge in [0.15, 0.2) is 0 Å². The van der Waals surface area contributed by atoms with Crippen LogP contribution in [0.3, 0.4) is 0 Å². The minimum absolute atomic E-state index is 0.550. The molecule has 0 spiro atoms. The van der Waals surface area contributed by atoms with Gasteiger partial charge < -0.3 is 0 Å². The van der Waals surface area contributed by atoms with E-state index in [0.29, 0.717) is 5.41 Å². The zero-order valence-electron chi connectivity index (χ0n) is 11.5. The molecule has 96 valence electrons. The van der Waals surface area contributed by atoms with E-state index in [1.54, 1.807) is 11.8 Å². The van der Waals surface area contributed by atoms with Gasteiger partial charge in [-0.3, -0.25) is 0 Å². The molecule has 0 amide bonds. The summed E-state index contributed by atoms with van der Waals surface area (Å²) in [6.07, 6.45) is 9.05. The van der Waals surface area contributed by atoms with Crippen LogP contribution in [0.1, 0.15) is 40.5 Å². The van der Waals surface area contributed by atoms with Gasteiger partial charge >= 0.3 is 0 Å². The standard InChI is InChI=1S/C7H16.C2H6O2S.C2H6S/c1-5-6-7(2,3)4;1-5(2,3)4;1-3-2/h5-6H2,1-4H3;1-2H3;1-2H3. The summed E-state index contributed by atoms with van der Waals surface area (Å²) in [5.74, 6) is 0. The van der Waals surface area contributed by atoms with E-state index < -0.39 is 9.84 Å². The summed E-state index contributed by atoms with van der Waals surface area (Å²) < 4.78 is 19.3. The van der Waals surface area contributed by atoms with E-state index in [0.717, 1.165) is 12.5 Å². The van der Waals surface area contributed by atoms with Crippen LogP contribution in [0.5, 0.6) is 0 Å². The van der Waals surface area contributed by atoms with Crippen LogP contribution in [0.15, 0.2) is 0 Å². The highest BCUT2D eigenvalue weighted by atomic mass is 32.2. The lowest BCUT2D eigenvalue weighted by Gasteiger charge is -2.15. The molecular weight excluding hydrogens is 228 g/mol. The third-order valence-electron chi connectivity index (χ3n) is 1.000. The number of thioether (sulfide) groups is 1. The molecule has 0 rings (SSSR count). The van der Waals surface area contributed by atoms with E-state index >= 15 is 0 Å². The molecule has 0 aliphatic rings. The molecule has 0 saturated carbocycles. The summed E-state index contributed by atoms with van der Waals surface area (Å²) in [4.78, 5) is 0. The van der Waals surface area contributed by atoms with Crippen LogP contribution in [0.25, 0.3) is 0 Å². The number of sulfone groups is 1. The van der Waals surface area contributed by atoms with Crippen molar-refractivity contribution in [2.24, 2.45) is 5.41 Å². The molecule has 0 N–H and O–H groups in total. The van der Waals surface area contributed by atoms with E-state index in [1.807, 2.05) is 12.5 Å². The van der Waals surface area contributed by atoms with Crippen LogP contribution in [0.4, 0.5) is 0 Å². The molecule has 0 fully saturated rings.